The minimum atomic E-state index is 0.130. The molecule has 0 radical (unpaired) electrons. The summed E-state index contributed by atoms with van der Waals surface area (Å²) in [6, 6.07) is 5.69. The zero-order chi connectivity index (χ0) is 19.8. The number of methoxy groups -OCH3 is 2. The molecule has 5 nitrogen and oxygen atoms in total. The fraction of sp³-hybridized carbons (Fsp3) is 0.696. The second-order valence-electron chi connectivity index (χ2n) is 8.41. The van der Waals surface area contributed by atoms with Crippen molar-refractivity contribution < 1.29 is 14.3 Å². The van der Waals surface area contributed by atoms with E-state index in [1.165, 1.54) is 58.2 Å². The predicted molar refractivity (Wildman–Crippen MR) is 112 cm³/mol. The summed E-state index contributed by atoms with van der Waals surface area (Å²) in [4.78, 5) is 15.0. The van der Waals surface area contributed by atoms with E-state index in [0.717, 1.165) is 29.4 Å². The van der Waals surface area contributed by atoms with Gasteiger partial charge in [-0.3, -0.25) is 4.79 Å². The van der Waals surface area contributed by atoms with Gasteiger partial charge in [-0.1, -0.05) is 12.8 Å². The Kier molecular flexibility index (Phi) is 8.01. The van der Waals surface area contributed by atoms with Crippen LogP contribution in [-0.2, 0) is 11.3 Å². The van der Waals surface area contributed by atoms with E-state index < -0.39 is 0 Å². The third-order valence-corrected chi connectivity index (χ3v) is 6.34. The van der Waals surface area contributed by atoms with Crippen LogP contribution in [0.25, 0.3) is 0 Å². The first kappa shape index (κ1) is 21.0. The molecule has 1 saturated carbocycles. The van der Waals surface area contributed by atoms with E-state index in [4.69, 9.17) is 9.47 Å². The normalized spacial score (nSPS) is 20.9. The molecule has 1 heterocycles. The molecule has 1 aliphatic carbocycles. The first-order chi connectivity index (χ1) is 13.7. The first-order valence-electron chi connectivity index (χ1n) is 10.9. The third-order valence-electron chi connectivity index (χ3n) is 6.34. The smallest absolute Gasteiger partial charge is 0.220 e. The van der Waals surface area contributed by atoms with Crippen LogP contribution < -0.4 is 14.8 Å². The lowest BCUT2D eigenvalue weighted by Gasteiger charge is -2.34. The fourth-order valence-electron chi connectivity index (χ4n) is 4.73. The van der Waals surface area contributed by atoms with Crippen molar-refractivity contribution in [3.8, 4) is 11.5 Å². The highest BCUT2D eigenvalue weighted by Crippen LogP contribution is 2.28. The van der Waals surface area contributed by atoms with Gasteiger partial charge in [0.15, 0.2) is 0 Å². The number of benzene rings is 1. The van der Waals surface area contributed by atoms with Gasteiger partial charge in [0.1, 0.15) is 11.5 Å². The number of carbonyl (C=O) groups excluding carboxylic acids is 1. The topological polar surface area (TPSA) is 50.8 Å². The lowest BCUT2D eigenvalue weighted by molar-refractivity contribution is -0.121. The van der Waals surface area contributed by atoms with Gasteiger partial charge in [-0.15, -0.1) is 0 Å². The largest absolute Gasteiger partial charge is 0.497 e. The third kappa shape index (κ3) is 6.13. The van der Waals surface area contributed by atoms with Crippen molar-refractivity contribution in [2.75, 3.05) is 33.9 Å². The summed E-state index contributed by atoms with van der Waals surface area (Å²) in [7, 11) is 3.27. The number of piperidine rings is 1. The van der Waals surface area contributed by atoms with Crippen LogP contribution in [0.4, 0.5) is 0 Å². The van der Waals surface area contributed by atoms with E-state index in [-0.39, 0.29) is 5.91 Å². The first-order valence-corrected chi connectivity index (χ1v) is 10.9. The van der Waals surface area contributed by atoms with Crippen molar-refractivity contribution in [2.24, 2.45) is 11.8 Å². The Morgan fingerprint density at radius 3 is 2.64 bits per heavy atom. The van der Waals surface area contributed by atoms with Gasteiger partial charge >= 0.3 is 0 Å². The molecule has 2 aliphatic rings. The average molecular weight is 389 g/mol. The number of carbonyl (C=O) groups is 1. The number of nitrogens with one attached hydrogen (secondary N) is 1. The monoisotopic (exact) mass is 388 g/mol. The molecular weight excluding hydrogens is 352 g/mol. The zero-order valence-corrected chi connectivity index (χ0v) is 17.5. The summed E-state index contributed by atoms with van der Waals surface area (Å²) < 4.78 is 10.6. The highest BCUT2D eigenvalue weighted by Gasteiger charge is 2.24. The summed E-state index contributed by atoms with van der Waals surface area (Å²) in [6.45, 7) is 4.19. The molecule has 1 saturated heterocycles. The van der Waals surface area contributed by atoms with Gasteiger partial charge in [0.2, 0.25) is 5.91 Å². The molecule has 0 bridgehead atoms. The maximum absolute atomic E-state index is 12.4. The fourth-order valence-corrected chi connectivity index (χ4v) is 4.73. The minimum Gasteiger partial charge on any atom is -0.497 e. The van der Waals surface area contributed by atoms with Crippen molar-refractivity contribution in [3.05, 3.63) is 23.8 Å². The molecule has 0 spiro atoms. The Bertz CT molecular complexity index is 628. The van der Waals surface area contributed by atoms with E-state index in [2.05, 4.69) is 10.2 Å². The molecule has 1 aliphatic heterocycles. The van der Waals surface area contributed by atoms with Crippen molar-refractivity contribution >= 4 is 5.91 Å². The van der Waals surface area contributed by atoms with Crippen LogP contribution in [-0.4, -0.2) is 44.7 Å². The number of ether oxygens (including phenoxy) is 2. The number of amides is 1. The van der Waals surface area contributed by atoms with Gasteiger partial charge in [-0.25, -0.2) is 0 Å². The second kappa shape index (κ2) is 10.7. The van der Waals surface area contributed by atoms with Gasteiger partial charge in [-0.2, -0.15) is 0 Å². The van der Waals surface area contributed by atoms with Crippen LogP contribution in [0.5, 0.6) is 11.5 Å². The lowest BCUT2D eigenvalue weighted by atomic mass is 9.92. The molecule has 2 fully saturated rings. The summed E-state index contributed by atoms with van der Waals surface area (Å²) in [5.74, 6) is 3.21. The number of hydrogen-bond acceptors (Lipinski definition) is 4. The highest BCUT2D eigenvalue weighted by molar-refractivity contribution is 5.75. The van der Waals surface area contributed by atoms with E-state index >= 15 is 0 Å². The maximum atomic E-state index is 12.4. The Labute approximate surface area is 169 Å². The molecule has 1 atom stereocenters. The molecule has 3 rings (SSSR count). The predicted octanol–water partition coefficient (Wildman–Crippen LogP) is 4.00. The van der Waals surface area contributed by atoms with Crippen molar-refractivity contribution in [1.29, 1.82) is 0 Å². The minimum absolute atomic E-state index is 0.130. The average Bonchev–Trinajstić information content (AvgIpc) is 3.23. The molecule has 1 aromatic rings. The van der Waals surface area contributed by atoms with E-state index in [1.54, 1.807) is 14.2 Å². The Morgan fingerprint density at radius 2 is 1.89 bits per heavy atom. The Hall–Kier alpha value is -1.75. The molecule has 0 aromatic heterocycles. The molecule has 156 valence electrons. The van der Waals surface area contributed by atoms with Gasteiger partial charge in [-0.05, 0) is 62.6 Å². The summed E-state index contributed by atoms with van der Waals surface area (Å²) in [6.07, 6.45) is 9.81. The molecule has 1 aromatic carbocycles. The Balaban J connectivity index is 1.39. The second-order valence-corrected chi connectivity index (χ2v) is 8.41. The molecule has 28 heavy (non-hydrogen) atoms. The van der Waals surface area contributed by atoms with Crippen molar-refractivity contribution in [3.63, 3.8) is 0 Å². The van der Waals surface area contributed by atoms with E-state index in [9.17, 15) is 4.79 Å². The van der Waals surface area contributed by atoms with Gasteiger partial charge in [0, 0.05) is 37.7 Å². The molecule has 5 heteroatoms. The van der Waals surface area contributed by atoms with Crippen LogP contribution in [0, 0.1) is 11.8 Å². The van der Waals surface area contributed by atoms with Crippen LogP contribution in [0.1, 0.15) is 56.9 Å². The lowest BCUT2D eigenvalue weighted by Crippen LogP contribution is -2.38. The van der Waals surface area contributed by atoms with Gasteiger partial charge < -0.3 is 19.7 Å². The van der Waals surface area contributed by atoms with Crippen molar-refractivity contribution in [1.82, 2.24) is 10.2 Å². The molecule has 1 N–H and O–H groups in total. The van der Waals surface area contributed by atoms with Crippen LogP contribution >= 0.6 is 0 Å². The summed E-state index contributed by atoms with van der Waals surface area (Å²) in [5.41, 5.74) is 0.969. The van der Waals surface area contributed by atoms with Crippen LogP contribution in [0.15, 0.2) is 18.2 Å². The molecule has 1 amide bonds. The zero-order valence-electron chi connectivity index (χ0n) is 17.5. The van der Waals surface area contributed by atoms with Crippen LogP contribution in [0.2, 0.25) is 0 Å². The van der Waals surface area contributed by atoms with E-state index in [0.29, 0.717) is 18.9 Å². The summed E-state index contributed by atoms with van der Waals surface area (Å²) >= 11 is 0. The van der Waals surface area contributed by atoms with Crippen LogP contribution in [0.3, 0.4) is 0 Å². The maximum Gasteiger partial charge on any atom is 0.220 e. The summed E-state index contributed by atoms with van der Waals surface area (Å²) in [5, 5.41) is 3.05. The molecule has 1 unspecified atom stereocenters. The number of likely N-dealkylation sites (tertiary alicyclic amines) is 1. The number of hydrogen-bond donors (Lipinski definition) is 1. The van der Waals surface area contributed by atoms with Gasteiger partial charge in [0.25, 0.3) is 0 Å². The number of rotatable bonds is 9. The standard InChI is InChI=1S/C23H36N2O3/c1-27-21-11-10-20(22(14-21)28-2)15-24-23(26)12-9-19-8-5-13-25(17-19)16-18-6-3-4-7-18/h10-11,14,18-19H,3-9,12-13,15-17H2,1-2H3,(H,24,26). The highest BCUT2D eigenvalue weighted by atomic mass is 16.5. The quantitative estimate of drug-likeness (QED) is 0.695. The van der Waals surface area contributed by atoms with Gasteiger partial charge in [0.05, 0.1) is 14.2 Å². The van der Waals surface area contributed by atoms with E-state index in [1.807, 2.05) is 18.2 Å². The number of nitrogens with zero attached hydrogens (tertiary/aromatic N) is 1. The Morgan fingerprint density at radius 1 is 1.11 bits per heavy atom. The SMILES string of the molecule is COc1ccc(CNC(=O)CCC2CCCN(CC3CCCC3)C2)c(OC)c1. The van der Waals surface area contributed by atoms with Crippen molar-refractivity contribution in [2.45, 2.75) is 57.9 Å². The molecular formula is C23H36N2O3.